The molecule has 2 N–H and O–H groups in total. The number of carbonyl (C=O) groups is 1. The summed E-state index contributed by atoms with van der Waals surface area (Å²) in [7, 11) is 0. The maximum Gasteiger partial charge on any atom is 0.231 e. The van der Waals surface area contributed by atoms with Crippen molar-refractivity contribution in [3.63, 3.8) is 0 Å². The first-order chi connectivity index (χ1) is 11.7. The fraction of sp³-hybridized carbons (Fsp3) is 0.444. The predicted molar refractivity (Wildman–Crippen MR) is 91.3 cm³/mol. The second-order valence-electron chi connectivity index (χ2n) is 6.24. The summed E-state index contributed by atoms with van der Waals surface area (Å²) >= 11 is 0. The van der Waals surface area contributed by atoms with Crippen LogP contribution in [-0.4, -0.2) is 53.6 Å². The van der Waals surface area contributed by atoms with E-state index >= 15 is 0 Å². The molecule has 1 aromatic heterocycles. The van der Waals surface area contributed by atoms with Gasteiger partial charge in [-0.25, -0.2) is 0 Å². The molecule has 1 amide bonds. The van der Waals surface area contributed by atoms with E-state index < -0.39 is 0 Å². The summed E-state index contributed by atoms with van der Waals surface area (Å²) in [5, 5.41) is 3.91. The zero-order valence-corrected chi connectivity index (χ0v) is 14.0. The van der Waals surface area contributed by atoms with Gasteiger partial charge in [0.05, 0.1) is 18.2 Å². The summed E-state index contributed by atoms with van der Waals surface area (Å²) < 4.78 is 5.27. The normalized spacial score (nSPS) is 17.0. The Kier molecular flexibility index (Phi) is 5.27. The molecule has 1 aromatic carbocycles. The quantitative estimate of drug-likeness (QED) is 0.897. The third kappa shape index (κ3) is 3.83. The monoisotopic (exact) mass is 328 g/mol. The standard InChI is InChI=1S/C18H24N4O2/c1-14-11-16(24-20-14)13-21-7-9-22(10-8-21)18(23)17(12-19)15-5-3-2-4-6-15/h2-6,11,17H,7-10,12-13,19H2,1H3. The van der Waals surface area contributed by atoms with Gasteiger partial charge in [0.2, 0.25) is 5.91 Å². The fourth-order valence-corrected chi connectivity index (χ4v) is 3.12. The second-order valence-corrected chi connectivity index (χ2v) is 6.24. The molecule has 1 atom stereocenters. The number of hydrogen-bond acceptors (Lipinski definition) is 5. The predicted octanol–water partition coefficient (Wildman–Crippen LogP) is 1.37. The third-order valence-corrected chi connectivity index (χ3v) is 4.48. The van der Waals surface area contributed by atoms with Crippen LogP contribution in [-0.2, 0) is 11.3 Å². The summed E-state index contributed by atoms with van der Waals surface area (Å²) in [6, 6.07) is 11.7. The van der Waals surface area contributed by atoms with E-state index in [4.69, 9.17) is 10.3 Å². The topological polar surface area (TPSA) is 75.6 Å². The Morgan fingerprint density at radius 2 is 1.96 bits per heavy atom. The fourth-order valence-electron chi connectivity index (χ4n) is 3.12. The van der Waals surface area contributed by atoms with Crippen molar-refractivity contribution >= 4 is 5.91 Å². The Morgan fingerprint density at radius 1 is 1.25 bits per heavy atom. The number of carbonyl (C=O) groups excluding carboxylic acids is 1. The number of aryl methyl sites for hydroxylation is 1. The van der Waals surface area contributed by atoms with Gasteiger partial charge in [-0.15, -0.1) is 0 Å². The Labute approximate surface area is 142 Å². The molecule has 2 aromatic rings. The van der Waals surface area contributed by atoms with Crippen LogP contribution >= 0.6 is 0 Å². The average Bonchev–Trinajstić information content (AvgIpc) is 3.02. The van der Waals surface area contributed by atoms with E-state index in [0.29, 0.717) is 6.54 Å². The van der Waals surface area contributed by atoms with E-state index in [1.54, 1.807) is 0 Å². The summed E-state index contributed by atoms with van der Waals surface area (Å²) in [4.78, 5) is 17.0. The van der Waals surface area contributed by atoms with Crippen LogP contribution in [0.2, 0.25) is 0 Å². The van der Waals surface area contributed by atoms with Gasteiger partial charge in [0.15, 0.2) is 5.76 Å². The molecule has 6 heteroatoms. The Morgan fingerprint density at radius 3 is 2.54 bits per heavy atom. The van der Waals surface area contributed by atoms with Crippen LogP contribution in [0.15, 0.2) is 40.9 Å². The average molecular weight is 328 g/mol. The number of nitrogens with zero attached hydrogens (tertiary/aromatic N) is 3. The van der Waals surface area contributed by atoms with Gasteiger partial charge in [-0.3, -0.25) is 9.69 Å². The highest BCUT2D eigenvalue weighted by molar-refractivity contribution is 5.84. The smallest absolute Gasteiger partial charge is 0.231 e. The van der Waals surface area contributed by atoms with Gasteiger partial charge in [0.1, 0.15) is 0 Å². The van der Waals surface area contributed by atoms with Crippen molar-refractivity contribution in [2.24, 2.45) is 5.73 Å². The van der Waals surface area contributed by atoms with Crippen LogP contribution < -0.4 is 5.73 Å². The summed E-state index contributed by atoms with van der Waals surface area (Å²) in [6.07, 6.45) is 0. The zero-order chi connectivity index (χ0) is 16.9. The molecule has 3 rings (SSSR count). The van der Waals surface area contributed by atoms with Gasteiger partial charge < -0.3 is 15.2 Å². The Bertz CT molecular complexity index is 663. The van der Waals surface area contributed by atoms with Crippen molar-refractivity contribution in [1.82, 2.24) is 15.0 Å². The third-order valence-electron chi connectivity index (χ3n) is 4.48. The van der Waals surface area contributed by atoms with Crippen LogP contribution in [0.1, 0.15) is 22.9 Å². The Hall–Kier alpha value is -2.18. The van der Waals surface area contributed by atoms with Crippen molar-refractivity contribution < 1.29 is 9.32 Å². The molecular weight excluding hydrogens is 304 g/mol. The number of hydrogen-bond donors (Lipinski definition) is 1. The highest BCUT2D eigenvalue weighted by Crippen LogP contribution is 2.19. The number of piperazine rings is 1. The van der Waals surface area contributed by atoms with Crippen LogP contribution in [0.3, 0.4) is 0 Å². The first-order valence-electron chi connectivity index (χ1n) is 8.35. The highest BCUT2D eigenvalue weighted by atomic mass is 16.5. The maximum absolute atomic E-state index is 12.8. The molecule has 1 aliphatic rings. The minimum atomic E-state index is -0.255. The molecule has 0 aliphatic carbocycles. The van der Waals surface area contributed by atoms with Gasteiger partial charge in [0, 0.05) is 38.8 Å². The number of benzene rings is 1. The van der Waals surface area contributed by atoms with Crippen LogP contribution in [0, 0.1) is 6.92 Å². The number of rotatable bonds is 5. The lowest BCUT2D eigenvalue weighted by molar-refractivity contribution is -0.134. The van der Waals surface area contributed by atoms with Gasteiger partial charge in [-0.05, 0) is 12.5 Å². The van der Waals surface area contributed by atoms with Crippen molar-refractivity contribution in [1.29, 1.82) is 0 Å². The SMILES string of the molecule is Cc1cc(CN2CCN(C(=O)C(CN)c3ccccc3)CC2)on1. The molecule has 0 saturated carbocycles. The van der Waals surface area contributed by atoms with Crippen LogP contribution in [0.5, 0.6) is 0 Å². The second kappa shape index (κ2) is 7.59. The zero-order valence-electron chi connectivity index (χ0n) is 14.0. The molecule has 1 fully saturated rings. The minimum Gasteiger partial charge on any atom is -0.360 e. The van der Waals surface area contributed by atoms with E-state index in [1.807, 2.05) is 48.2 Å². The van der Waals surface area contributed by atoms with E-state index in [-0.39, 0.29) is 11.8 Å². The molecule has 24 heavy (non-hydrogen) atoms. The van der Waals surface area contributed by atoms with E-state index in [2.05, 4.69) is 10.1 Å². The summed E-state index contributed by atoms with van der Waals surface area (Å²) in [5.41, 5.74) is 7.75. The van der Waals surface area contributed by atoms with Gasteiger partial charge in [0.25, 0.3) is 0 Å². The first-order valence-corrected chi connectivity index (χ1v) is 8.35. The van der Waals surface area contributed by atoms with E-state index in [0.717, 1.165) is 49.7 Å². The van der Waals surface area contributed by atoms with Crippen molar-refractivity contribution in [3.8, 4) is 0 Å². The Balaban J connectivity index is 1.56. The molecule has 6 nitrogen and oxygen atoms in total. The van der Waals surface area contributed by atoms with E-state index in [9.17, 15) is 4.79 Å². The lowest BCUT2D eigenvalue weighted by Gasteiger charge is -2.36. The molecule has 0 radical (unpaired) electrons. The van der Waals surface area contributed by atoms with Gasteiger partial charge in [-0.2, -0.15) is 0 Å². The van der Waals surface area contributed by atoms with Crippen molar-refractivity contribution in [2.45, 2.75) is 19.4 Å². The van der Waals surface area contributed by atoms with Crippen LogP contribution in [0.4, 0.5) is 0 Å². The largest absolute Gasteiger partial charge is 0.360 e. The van der Waals surface area contributed by atoms with Crippen LogP contribution in [0.25, 0.3) is 0 Å². The maximum atomic E-state index is 12.8. The molecule has 1 saturated heterocycles. The molecule has 0 spiro atoms. The summed E-state index contributed by atoms with van der Waals surface area (Å²) in [5.74, 6) is 0.741. The number of amides is 1. The minimum absolute atomic E-state index is 0.124. The lowest BCUT2D eigenvalue weighted by Crippen LogP contribution is -2.50. The molecule has 2 heterocycles. The molecular formula is C18H24N4O2. The van der Waals surface area contributed by atoms with Crippen molar-refractivity contribution in [3.05, 3.63) is 53.4 Å². The number of nitrogens with two attached hydrogens (primary N) is 1. The first kappa shape index (κ1) is 16.7. The van der Waals surface area contributed by atoms with Gasteiger partial charge >= 0.3 is 0 Å². The molecule has 0 bridgehead atoms. The summed E-state index contributed by atoms with van der Waals surface area (Å²) in [6.45, 7) is 6.09. The highest BCUT2D eigenvalue weighted by Gasteiger charge is 2.27. The van der Waals surface area contributed by atoms with Gasteiger partial charge in [-0.1, -0.05) is 35.5 Å². The molecule has 128 valence electrons. The van der Waals surface area contributed by atoms with Crippen molar-refractivity contribution in [2.75, 3.05) is 32.7 Å². The molecule has 1 unspecified atom stereocenters. The number of aromatic nitrogens is 1. The lowest BCUT2D eigenvalue weighted by atomic mass is 9.97. The molecule has 1 aliphatic heterocycles. The van der Waals surface area contributed by atoms with E-state index in [1.165, 1.54) is 0 Å².